The molecule has 0 radical (unpaired) electrons. The van der Waals surface area contributed by atoms with E-state index in [4.69, 9.17) is 4.74 Å². The maximum Gasteiger partial charge on any atom is 0.229 e. The van der Waals surface area contributed by atoms with Gasteiger partial charge in [0, 0.05) is 12.5 Å². The van der Waals surface area contributed by atoms with Gasteiger partial charge < -0.3 is 4.74 Å². The molecule has 0 amide bonds. The largest absolute Gasteiger partial charge is 0.464 e. The number of nitrogens with one attached hydrogen (secondary N) is 1. The minimum Gasteiger partial charge on any atom is -0.464 e. The van der Waals surface area contributed by atoms with Crippen molar-refractivity contribution in [2.75, 3.05) is 0 Å². The van der Waals surface area contributed by atoms with E-state index in [0.717, 1.165) is 12.0 Å². The number of carbonyl (C=O) groups excluding carboxylic acids is 1. The van der Waals surface area contributed by atoms with E-state index in [0.29, 0.717) is 17.7 Å². The van der Waals surface area contributed by atoms with Crippen LogP contribution in [0.4, 0.5) is 0 Å². The molecule has 0 saturated carbocycles. The fourth-order valence-electron chi connectivity index (χ4n) is 2.84. The molecular weight excluding hydrogens is 274 g/mol. The van der Waals surface area contributed by atoms with Gasteiger partial charge in [-0.25, -0.2) is 0 Å². The van der Waals surface area contributed by atoms with E-state index in [-0.39, 0.29) is 11.8 Å². The summed E-state index contributed by atoms with van der Waals surface area (Å²) in [6.45, 7) is 4.17. The van der Waals surface area contributed by atoms with Gasteiger partial charge in [0.15, 0.2) is 0 Å². The minimum atomic E-state index is -1.000. The Balaban J connectivity index is 1.97. The van der Waals surface area contributed by atoms with Crippen LogP contribution in [-0.4, -0.2) is 17.6 Å². The summed E-state index contributed by atoms with van der Waals surface area (Å²) < 4.78 is 6.12. The van der Waals surface area contributed by atoms with Gasteiger partial charge in [0.25, 0.3) is 0 Å². The molecular formula is C19H21NO2. The van der Waals surface area contributed by atoms with Crippen LogP contribution >= 0.6 is 0 Å². The van der Waals surface area contributed by atoms with Gasteiger partial charge in [0.05, 0.1) is 5.56 Å². The first kappa shape index (κ1) is 14.8. The van der Waals surface area contributed by atoms with Crippen LogP contribution < -0.4 is 10.1 Å². The van der Waals surface area contributed by atoms with Gasteiger partial charge in [-0.1, -0.05) is 49.4 Å². The number of hydrogen-bond donors (Lipinski definition) is 1. The molecule has 0 bridgehead atoms. The van der Waals surface area contributed by atoms with Crippen LogP contribution in [0, 0.1) is 0 Å². The van der Waals surface area contributed by atoms with Crippen molar-refractivity contribution in [3.63, 3.8) is 0 Å². The molecule has 0 fully saturated rings. The molecule has 3 rings (SSSR count). The van der Waals surface area contributed by atoms with Gasteiger partial charge in [-0.05, 0) is 31.0 Å². The number of ketones is 1. The van der Waals surface area contributed by atoms with E-state index in [1.165, 1.54) is 0 Å². The summed E-state index contributed by atoms with van der Waals surface area (Å²) in [5, 5.41) is 3.42. The van der Waals surface area contributed by atoms with Crippen molar-refractivity contribution in [3.8, 4) is 5.75 Å². The highest BCUT2D eigenvalue weighted by molar-refractivity contribution is 6.07. The SMILES string of the molecule is CCC(C)NC1(Cc2ccccc2)Oc2ccccc2C1=O. The molecule has 1 aliphatic rings. The zero-order valence-corrected chi connectivity index (χ0v) is 13.0. The Labute approximate surface area is 131 Å². The normalized spacial score (nSPS) is 21.3. The molecule has 3 heteroatoms. The molecule has 2 unspecified atom stereocenters. The maximum absolute atomic E-state index is 13.0. The zero-order valence-electron chi connectivity index (χ0n) is 13.0. The van der Waals surface area contributed by atoms with Crippen molar-refractivity contribution in [2.45, 2.75) is 38.5 Å². The zero-order chi connectivity index (χ0) is 15.6. The Hall–Kier alpha value is -2.13. The second-order valence-corrected chi connectivity index (χ2v) is 5.87. The first-order valence-corrected chi connectivity index (χ1v) is 7.79. The van der Waals surface area contributed by atoms with Crippen molar-refractivity contribution in [3.05, 3.63) is 65.7 Å². The molecule has 0 saturated heterocycles. The number of benzene rings is 2. The van der Waals surface area contributed by atoms with Gasteiger partial charge in [0.1, 0.15) is 5.75 Å². The Kier molecular flexibility index (Phi) is 3.99. The molecule has 1 N–H and O–H groups in total. The molecule has 2 aromatic rings. The van der Waals surface area contributed by atoms with Gasteiger partial charge in [-0.2, -0.15) is 0 Å². The Bertz CT molecular complexity index is 668. The lowest BCUT2D eigenvalue weighted by atomic mass is 9.95. The van der Waals surface area contributed by atoms with Gasteiger partial charge in [-0.15, -0.1) is 0 Å². The second-order valence-electron chi connectivity index (χ2n) is 5.87. The summed E-state index contributed by atoms with van der Waals surface area (Å²) in [5.41, 5.74) is 0.745. The summed E-state index contributed by atoms with van der Waals surface area (Å²) in [5.74, 6) is 0.687. The van der Waals surface area contributed by atoms with E-state index in [1.807, 2.05) is 54.6 Å². The average Bonchev–Trinajstić information content (AvgIpc) is 2.81. The lowest BCUT2D eigenvalue weighted by molar-refractivity contribution is 0.0347. The van der Waals surface area contributed by atoms with E-state index < -0.39 is 5.72 Å². The van der Waals surface area contributed by atoms with Gasteiger partial charge >= 0.3 is 0 Å². The molecule has 114 valence electrons. The average molecular weight is 295 g/mol. The Morgan fingerprint density at radius 1 is 1.09 bits per heavy atom. The number of Topliss-reactive ketones (excluding diaryl/α,β-unsaturated/α-hetero) is 1. The summed E-state index contributed by atoms with van der Waals surface area (Å²) >= 11 is 0. The fourth-order valence-corrected chi connectivity index (χ4v) is 2.84. The van der Waals surface area contributed by atoms with Crippen LogP contribution in [0.2, 0.25) is 0 Å². The molecule has 0 spiro atoms. The van der Waals surface area contributed by atoms with E-state index >= 15 is 0 Å². The minimum absolute atomic E-state index is 0.0206. The quantitative estimate of drug-likeness (QED) is 0.916. The Morgan fingerprint density at radius 2 is 1.77 bits per heavy atom. The van der Waals surface area contributed by atoms with Crippen LogP contribution in [-0.2, 0) is 6.42 Å². The predicted molar refractivity (Wildman–Crippen MR) is 87.2 cm³/mol. The number of hydrogen-bond acceptors (Lipinski definition) is 3. The summed E-state index contributed by atoms with van der Waals surface area (Å²) in [6.07, 6.45) is 1.45. The van der Waals surface area contributed by atoms with Crippen LogP contribution in [0.3, 0.4) is 0 Å². The second kappa shape index (κ2) is 5.93. The van der Waals surface area contributed by atoms with Crippen LogP contribution in [0.25, 0.3) is 0 Å². The van der Waals surface area contributed by atoms with Crippen molar-refractivity contribution < 1.29 is 9.53 Å². The number of rotatable bonds is 5. The van der Waals surface area contributed by atoms with E-state index in [2.05, 4.69) is 19.2 Å². The summed E-state index contributed by atoms with van der Waals surface area (Å²) in [4.78, 5) is 13.0. The fraction of sp³-hybridized carbons (Fsp3) is 0.316. The maximum atomic E-state index is 13.0. The van der Waals surface area contributed by atoms with Crippen molar-refractivity contribution >= 4 is 5.78 Å². The van der Waals surface area contributed by atoms with Crippen LogP contribution in [0.1, 0.15) is 36.2 Å². The van der Waals surface area contributed by atoms with Gasteiger partial charge in [-0.3, -0.25) is 10.1 Å². The molecule has 2 atom stereocenters. The number of carbonyl (C=O) groups is 1. The summed E-state index contributed by atoms with van der Waals surface area (Å²) in [6, 6.07) is 17.7. The van der Waals surface area contributed by atoms with Crippen molar-refractivity contribution in [2.24, 2.45) is 0 Å². The third kappa shape index (κ3) is 2.64. The highest BCUT2D eigenvalue weighted by atomic mass is 16.5. The topological polar surface area (TPSA) is 38.3 Å². The smallest absolute Gasteiger partial charge is 0.229 e. The molecule has 1 aliphatic heterocycles. The third-order valence-corrected chi connectivity index (χ3v) is 4.17. The van der Waals surface area contributed by atoms with E-state index in [1.54, 1.807) is 0 Å². The van der Waals surface area contributed by atoms with Gasteiger partial charge in [0.2, 0.25) is 11.5 Å². The predicted octanol–water partition coefficient (Wildman–Crippen LogP) is 3.59. The molecule has 0 aliphatic carbocycles. The van der Waals surface area contributed by atoms with Crippen molar-refractivity contribution in [1.82, 2.24) is 5.32 Å². The highest BCUT2D eigenvalue weighted by Crippen LogP contribution is 2.35. The lowest BCUT2D eigenvalue weighted by Gasteiger charge is -2.31. The molecule has 22 heavy (non-hydrogen) atoms. The Morgan fingerprint density at radius 3 is 2.45 bits per heavy atom. The monoisotopic (exact) mass is 295 g/mol. The third-order valence-electron chi connectivity index (χ3n) is 4.17. The van der Waals surface area contributed by atoms with Crippen molar-refractivity contribution in [1.29, 1.82) is 0 Å². The number of ether oxygens (including phenoxy) is 1. The van der Waals surface area contributed by atoms with Crippen LogP contribution in [0.15, 0.2) is 54.6 Å². The molecule has 0 aromatic heterocycles. The number of fused-ring (bicyclic) bond motifs is 1. The first-order chi connectivity index (χ1) is 10.6. The first-order valence-electron chi connectivity index (χ1n) is 7.79. The van der Waals surface area contributed by atoms with E-state index in [9.17, 15) is 4.79 Å². The molecule has 1 heterocycles. The molecule has 3 nitrogen and oxygen atoms in total. The summed E-state index contributed by atoms with van der Waals surface area (Å²) in [7, 11) is 0. The van der Waals surface area contributed by atoms with Crippen LogP contribution in [0.5, 0.6) is 5.75 Å². The number of para-hydroxylation sites is 1. The lowest BCUT2D eigenvalue weighted by Crippen LogP contribution is -2.58. The standard InChI is InChI=1S/C19H21NO2/c1-3-14(2)20-19(13-15-9-5-4-6-10-15)18(21)16-11-7-8-12-17(16)22-19/h4-12,14,20H,3,13H2,1-2H3. The highest BCUT2D eigenvalue weighted by Gasteiger charge is 2.48. The molecule has 2 aromatic carbocycles.